The number of nitrogens with zero attached hydrogens (tertiary/aromatic N) is 2. The van der Waals surface area contributed by atoms with Gasteiger partial charge >= 0.3 is 5.97 Å². The van der Waals surface area contributed by atoms with Gasteiger partial charge in [-0.05, 0) is 47.3 Å². The van der Waals surface area contributed by atoms with E-state index in [-0.39, 0.29) is 29.9 Å². The average molecular weight is 567 g/mol. The van der Waals surface area contributed by atoms with Gasteiger partial charge in [0.15, 0.2) is 5.96 Å². The topological polar surface area (TPSA) is 66.0 Å². The van der Waals surface area contributed by atoms with Crippen LogP contribution in [0.4, 0.5) is 5.69 Å². The number of hydrogen-bond donors (Lipinski definition) is 2. The zero-order valence-electron chi connectivity index (χ0n) is 16.7. The lowest BCUT2D eigenvalue weighted by Crippen LogP contribution is -2.44. The summed E-state index contributed by atoms with van der Waals surface area (Å²) in [5.74, 6) is 0.745. The highest BCUT2D eigenvalue weighted by molar-refractivity contribution is 14.0. The minimum atomic E-state index is -0.120. The van der Waals surface area contributed by atoms with E-state index in [1.165, 1.54) is 12.8 Å². The summed E-state index contributed by atoms with van der Waals surface area (Å²) >= 11 is 3.64. The number of halogens is 2. The number of benzene rings is 1. The van der Waals surface area contributed by atoms with Crippen molar-refractivity contribution in [2.45, 2.75) is 44.6 Å². The van der Waals surface area contributed by atoms with Crippen molar-refractivity contribution in [3.05, 3.63) is 28.7 Å². The molecule has 1 saturated heterocycles. The Morgan fingerprint density at radius 3 is 2.75 bits per heavy atom. The third-order valence-electron chi connectivity index (χ3n) is 4.77. The van der Waals surface area contributed by atoms with Gasteiger partial charge < -0.3 is 20.3 Å². The Kier molecular flexibility index (Phi) is 12.5. The van der Waals surface area contributed by atoms with Crippen LogP contribution in [-0.4, -0.2) is 51.8 Å². The number of carbonyl (C=O) groups excluding carboxylic acids is 1. The number of guanidine groups is 1. The van der Waals surface area contributed by atoms with Crippen molar-refractivity contribution in [2.75, 3.05) is 38.7 Å². The Labute approximate surface area is 194 Å². The van der Waals surface area contributed by atoms with E-state index in [0.29, 0.717) is 12.5 Å². The van der Waals surface area contributed by atoms with Crippen molar-refractivity contribution in [1.82, 2.24) is 10.6 Å². The number of carbonyl (C=O) groups is 1. The molecule has 6 nitrogen and oxygen atoms in total. The molecule has 1 unspecified atom stereocenters. The largest absolute Gasteiger partial charge is 0.469 e. The monoisotopic (exact) mass is 566 g/mol. The fourth-order valence-electron chi connectivity index (χ4n) is 3.25. The molecule has 1 aromatic carbocycles. The van der Waals surface area contributed by atoms with E-state index >= 15 is 0 Å². The molecule has 0 aliphatic carbocycles. The Bertz CT molecular complexity index is 630. The number of anilines is 1. The second kappa shape index (κ2) is 14.0. The van der Waals surface area contributed by atoms with E-state index in [1.807, 2.05) is 13.1 Å². The predicted octanol–water partition coefficient (Wildman–Crippen LogP) is 3.93. The highest BCUT2D eigenvalue weighted by Crippen LogP contribution is 2.28. The first-order valence-electron chi connectivity index (χ1n) is 9.67. The van der Waals surface area contributed by atoms with Crippen LogP contribution in [0.5, 0.6) is 0 Å². The molecule has 2 rings (SSSR count). The highest BCUT2D eigenvalue weighted by Gasteiger charge is 2.24. The highest BCUT2D eigenvalue weighted by atomic mass is 127. The van der Waals surface area contributed by atoms with Crippen LogP contribution < -0.4 is 15.5 Å². The number of ether oxygens (including phenoxy) is 1. The van der Waals surface area contributed by atoms with Crippen molar-refractivity contribution in [3.63, 3.8) is 0 Å². The maximum Gasteiger partial charge on any atom is 0.305 e. The molecular formula is C20H32BrIN4O2. The molecule has 1 aromatic rings. The van der Waals surface area contributed by atoms with Crippen molar-refractivity contribution < 1.29 is 9.53 Å². The molecule has 8 heteroatoms. The Morgan fingerprint density at radius 1 is 1.29 bits per heavy atom. The van der Waals surface area contributed by atoms with Gasteiger partial charge in [-0.25, -0.2) is 0 Å². The third-order valence-corrected chi connectivity index (χ3v) is 5.44. The predicted molar refractivity (Wildman–Crippen MR) is 130 cm³/mol. The molecule has 158 valence electrons. The van der Waals surface area contributed by atoms with E-state index in [1.54, 1.807) is 0 Å². The van der Waals surface area contributed by atoms with Gasteiger partial charge in [0.25, 0.3) is 0 Å². The standard InChI is InChI=1S/C20H31BrN4O2.HI/c1-22-20(23-13-8-4-3-5-11-19(26)27-2)24-16-12-14-25(15-16)18-10-7-6-9-17(18)21;/h6-7,9-10,16H,3-5,8,11-15H2,1-2H3,(H2,22,23,24);1H. The lowest BCUT2D eigenvalue weighted by atomic mass is 10.1. The SMILES string of the molecule is CN=C(NCCCCCCC(=O)OC)NC1CCN(c2ccccc2Br)C1.I. The number of nitrogens with one attached hydrogen (secondary N) is 2. The number of hydrogen-bond acceptors (Lipinski definition) is 4. The molecule has 0 amide bonds. The van der Waals surface area contributed by atoms with Crippen molar-refractivity contribution >= 4 is 57.5 Å². The van der Waals surface area contributed by atoms with Gasteiger partial charge in [0.2, 0.25) is 0 Å². The van der Waals surface area contributed by atoms with Crippen LogP contribution in [0.3, 0.4) is 0 Å². The molecule has 0 aromatic heterocycles. The number of para-hydroxylation sites is 1. The van der Waals surface area contributed by atoms with Crippen molar-refractivity contribution in [2.24, 2.45) is 4.99 Å². The Morgan fingerprint density at radius 2 is 2.04 bits per heavy atom. The maximum absolute atomic E-state index is 11.1. The summed E-state index contributed by atoms with van der Waals surface area (Å²) < 4.78 is 5.79. The van der Waals surface area contributed by atoms with Gasteiger partial charge in [-0.2, -0.15) is 0 Å². The molecule has 0 spiro atoms. The van der Waals surface area contributed by atoms with Crippen LogP contribution in [-0.2, 0) is 9.53 Å². The molecule has 1 aliphatic rings. The zero-order valence-corrected chi connectivity index (χ0v) is 20.7. The molecule has 1 fully saturated rings. The van der Waals surface area contributed by atoms with Gasteiger partial charge in [0, 0.05) is 43.6 Å². The summed E-state index contributed by atoms with van der Waals surface area (Å²) in [6.45, 7) is 2.90. The number of unbranched alkanes of at least 4 members (excludes halogenated alkanes) is 3. The summed E-state index contributed by atoms with van der Waals surface area (Å²) in [5, 5.41) is 6.92. The second-order valence-electron chi connectivity index (χ2n) is 6.77. The van der Waals surface area contributed by atoms with Crippen LogP contribution in [0.15, 0.2) is 33.7 Å². The molecule has 1 heterocycles. The number of aliphatic imine (C=N–C) groups is 1. The van der Waals surface area contributed by atoms with Crippen LogP contribution >= 0.6 is 39.9 Å². The molecular weight excluding hydrogens is 535 g/mol. The summed E-state index contributed by atoms with van der Waals surface area (Å²) in [6, 6.07) is 8.75. The molecule has 28 heavy (non-hydrogen) atoms. The second-order valence-corrected chi connectivity index (χ2v) is 7.62. The molecule has 1 atom stereocenters. The minimum Gasteiger partial charge on any atom is -0.469 e. The van der Waals surface area contributed by atoms with E-state index in [9.17, 15) is 4.79 Å². The fraction of sp³-hybridized carbons (Fsp3) is 0.600. The van der Waals surface area contributed by atoms with Gasteiger partial charge in [-0.15, -0.1) is 24.0 Å². The van der Waals surface area contributed by atoms with E-state index in [4.69, 9.17) is 0 Å². The van der Waals surface area contributed by atoms with E-state index in [0.717, 1.165) is 62.2 Å². The van der Waals surface area contributed by atoms with Crippen LogP contribution in [0.25, 0.3) is 0 Å². The van der Waals surface area contributed by atoms with Crippen LogP contribution in [0, 0.1) is 0 Å². The zero-order chi connectivity index (χ0) is 19.5. The number of rotatable bonds is 9. The average Bonchev–Trinajstić information content (AvgIpc) is 3.14. The molecule has 1 aliphatic heterocycles. The normalized spacial score (nSPS) is 16.5. The summed E-state index contributed by atoms with van der Waals surface area (Å²) in [7, 11) is 3.25. The molecule has 0 bridgehead atoms. The minimum absolute atomic E-state index is 0. The van der Waals surface area contributed by atoms with E-state index < -0.39 is 0 Å². The number of methoxy groups -OCH3 is 1. The first-order valence-corrected chi connectivity index (χ1v) is 10.5. The van der Waals surface area contributed by atoms with Gasteiger partial charge in [-0.3, -0.25) is 9.79 Å². The molecule has 0 saturated carbocycles. The van der Waals surface area contributed by atoms with Crippen molar-refractivity contribution in [1.29, 1.82) is 0 Å². The van der Waals surface area contributed by atoms with Crippen molar-refractivity contribution in [3.8, 4) is 0 Å². The van der Waals surface area contributed by atoms with Gasteiger partial charge in [0.1, 0.15) is 0 Å². The quantitative estimate of drug-likeness (QED) is 0.156. The maximum atomic E-state index is 11.1. The Balaban J connectivity index is 0.00000392. The third kappa shape index (κ3) is 8.55. The lowest BCUT2D eigenvalue weighted by molar-refractivity contribution is -0.140. The lowest BCUT2D eigenvalue weighted by Gasteiger charge is -2.21. The number of esters is 1. The summed E-state index contributed by atoms with van der Waals surface area (Å²) in [5.41, 5.74) is 1.25. The van der Waals surface area contributed by atoms with Crippen LogP contribution in [0.2, 0.25) is 0 Å². The fourth-order valence-corrected chi connectivity index (χ4v) is 3.79. The first kappa shape index (κ1) is 25.0. The van der Waals surface area contributed by atoms with E-state index in [2.05, 4.69) is 59.4 Å². The van der Waals surface area contributed by atoms with Crippen LogP contribution in [0.1, 0.15) is 38.5 Å². The molecule has 2 N–H and O–H groups in total. The Hall–Kier alpha value is -1.03. The molecule has 0 radical (unpaired) electrons. The summed E-state index contributed by atoms with van der Waals surface area (Å²) in [4.78, 5) is 17.8. The van der Waals surface area contributed by atoms with Gasteiger partial charge in [-0.1, -0.05) is 25.0 Å². The first-order chi connectivity index (χ1) is 13.1. The van der Waals surface area contributed by atoms with Gasteiger partial charge in [0.05, 0.1) is 12.8 Å². The smallest absolute Gasteiger partial charge is 0.305 e. The summed E-state index contributed by atoms with van der Waals surface area (Å²) in [6.07, 6.45) is 5.72.